The van der Waals surface area contributed by atoms with Crippen LogP contribution in [-0.4, -0.2) is 19.8 Å². The summed E-state index contributed by atoms with van der Waals surface area (Å²) in [6, 6.07) is 19.1. The van der Waals surface area contributed by atoms with Crippen molar-refractivity contribution in [1.82, 2.24) is 0 Å². The molecule has 154 valence electrons. The van der Waals surface area contributed by atoms with Gasteiger partial charge in [0.1, 0.15) is 11.3 Å². The molecule has 1 aliphatic heterocycles. The summed E-state index contributed by atoms with van der Waals surface area (Å²) in [4.78, 5) is 25.2. The van der Waals surface area contributed by atoms with Crippen LogP contribution in [0.1, 0.15) is 10.4 Å². The number of carbonyl (C=O) groups is 1. The fourth-order valence-corrected chi connectivity index (χ4v) is 3.48. The highest BCUT2D eigenvalue weighted by molar-refractivity contribution is 6.05. The Morgan fingerprint density at radius 1 is 0.935 bits per heavy atom. The van der Waals surface area contributed by atoms with Crippen LogP contribution in [0.3, 0.4) is 0 Å². The van der Waals surface area contributed by atoms with Gasteiger partial charge >= 0.3 is 5.63 Å². The minimum Gasteiger partial charge on any atom is -0.496 e. The largest absolute Gasteiger partial charge is 0.496 e. The topological polar surface area (TPSA) is 87.0 Å². The zero-order valence-corrected chi connectivity index (χ0v) is 16.5. The highest BCUT2D eigenvalue weighted by Gasteiger charge is 2.18. The summed E-state index contributed by atoms with van der Waals surface area (Å²) < 4.78 is 21.5. The summed E-state index contributed by atoms with van der Waals surface area (Å²) in [7, 11) is 1.50. The van der Waals surface area contributed by atoms with Gasteiger partial charge in [-0.15, -0.1) is 0 Å². The minimum absolute atomic E-state index is 0.141. The molecule has 31 heavy (non-hydrogen) atoms. The lowest BCUT2D eigenvalue weighted by Crippen LogP contribution is -2.12. The van der Waals surface area contributed by atoms with Gasteiger partial charge in [0.25, 0.3) is 5.91 Å². The molecule has 1 amide bonds. The van der Waals surface area contributed by atoms with E-state index in [9.17, 15) is 9.59 Å². The molecule has 0 radical (unpaired) electrons. The molecular weight excluding hydrogens is 398 g/mol. The van der Waals surface area contributed by atoms with Crippen LogP contribution in [0.4, 0.5) is 5.69 Å². The second-order valence-corrected chi connectivity index (χ2v) is 6.92. The first kappa shape index (κ1) is 18.7. The van der Waals surface area contributed by atoms with Gasteiger partial charge in [0, 0.05) is 28.3 Å². The van der Waals surface area contributed by atoms with Crippen molar-refractivity contribution in [3.63, 3.8) is 0 Å². The Morgan fingerprint density at radius 2 is 1.77 bits per heavy atom. The van der Waals surface area contributed by atoms with Crippen molar-refractivity contribution in [2.24, 2.45) is 0 Å². The summed E-state index contributed by atoms with van der Waals surface area (Å²) in [6.45, 7) is 0.141. The van der Waals surface area contributed by atoms with E-state index in [0.29, 0.717) is 45.2 Å². The number of anilines is 1. The number of hydrogen-bond acceptors (Lipinski definition) is 6. The van der Waals surface area contributed by atoms with Crippen molar-refractivity contribution in [1.29, 1.82) is 0 Å². The number of hydrogen-bond donors (Lipinski definition) is 1. The molecule has 1 N–H and O–H groups in total. The zero-order chi connectivity index (χ0) is 21.4. The van der Waals surface area contributed by atoms with Crippen LogP contribution in [0.15, 0.2) is 75.9 Å². The average molecular weight is 415 g/mol. The predicted octanol–water partition coefficient (Wildman–Crippen LogP) is 4.45. The van der Waals surface area contributed by atoms with Gasteiger partial charge in [0.05, 0.1) is 12.7 Å². The van der Waals surface area contributed by atoms with Gasteiger partial charge in [-0.1, -0.05) is 18.2 Å². The van der Waals surface area contributed by atoms with Crippen LogP contribution < -0.4 is 25.2 Å². The molecule has 4 aromatic rings. The van der Waals surface area contributed by atoms with Crippen LogP contribution in [0, 0.1) is 0 Å². The molecule has 1 aromatic heterocycles. The van der Waals surface area contributed by atoms with Crippen molar-refractivity contribution < 1.29 is 23.4 Å². The molecule has 0 atom stereocenters. The highest BCUT2D eigenvalue weighted by Crippen LogP contribution is 2.34. The number of amides is 1. The number of carbonyl (C=O) groups excluding carboxylic acids is 1. The summed E-state index contributed by atoms with van der Waals surface area (Å²) >= 11 is 0. The number of benzene rings is 3. The molecule has 0 unspecified atom stereocenters. The van der Waals surface area contributed by atoms with Crippen molar-refractivity contribution >= 4 is 22.6 Å². The van der Waals surface area contributed by atoms with Crippen molar-refractivity contribution in [3.8, 4) is 28.4 Å². The van der Waals surface area contributed by atoms with Gasteiger partial charge in [-0.2, -0.15) is 0 Å². The van der Waals surface area contributed by atoms with E-state index in [0.717, 1.165) is 5.39 Å². The monoisotopic (exact) mass is 415 g/mol. The maximum atomic E-state index is 12.7. The predicted molar refractivity (Wildman–Crippen MR) is 115 cm³/mol. The fraction of sp³-hybridized carbons (Fsp3) is 0.0833. The molecule has 7 nitrogen and oxygen atoms in total. The number of fused-ring (bicyclic) bond motifs is 2. The molecule has 3 aromatic carbocycles. The Kier molecular flexibility index (Phi) is 4.55. The van der Waals surface area contributed by atoms with Gasteiger partial charge in [0.15, 0.2) is 11.5 Å². The second-order valence-electron chi connectivity index (χ2n) is 6.92. The van der Waals surface area contributed by atoms with E-state index >= 15 is 0 Å². The first-order valence-electron chi connectivity index (χ1n) is 9.55. The lowest BCUT2D eigenvalue weighted by Gasteiger charge is -2.12. The zero-order valence-electron chi connectivity index (χ0n) is 16.5. The van der Waals surface area contributed by atoms with Crippen LogP contribution in [0.2, 0.25) is 0 Å². The van der Waals surface area contributed by atoms with Gasteiger partial charge < -0.3 is 23.9 Å². The van der Waals surface area contributed by atoms with Crippen molar-refractivity contribution in [3.05, 3.63) is 82.7 Å². The summed E-state index contributed by atoms with van der Waals surface area (Å²) in [6.07, 6.45) is 0. The van der Waals surface area contributed by atoms with Crippen LogP contribution in [0.25, 0.3) is 22.1 Å². The van der Waals surface area contributed by atoms with Gasteiger partial charge in [0.2, 0.25) is 6.79 Å². The summed E-state index contributed by atoms with van der Waals surface area (Å²) in [5.41, 5.74) is 1.96. The van der Waals surface area contributed by atoms with Gasteiger partial charge in [-0.25, -0.2) is 4.79 Å². The van der Waals surface area contributed by atoms with Crippen LogP contribution >= 0.6 is 0 Å². The van der Waals surface area contributed by atoms with E-state index in [1.807, 2.05) is 18.2 Å². The van der Waals surface area contributed by atoms with E-state index in [1.54, 1.807) is 48.5 Å². The number of rotatable bonds is 4. The molecule has 0 bridgehead atoms. The van der Waals surface area contributed by atoms with E-state index in [2.05, 4.69) is 5.32 Å². The summed E-state index contributed by atoms with van der Waals surface area (Å²) in [5.74, 6) is 1.27. The van der Waals surface area contributed by atoms with Crippen LogP contribution in [0.5, 0.6) is 17.2 Å². The SMILES string of the molecule is COc1cc(NC(=O)c2ccc3c(c2)OCO3)ccc1-c1cc2ccccc2oc1=O. The Morgan fingerprint density at radius 3 is 2.65 bits per heavy atom. The Labute approximate surface area is 176 Å². The molecule has 0 spiro atoms. The van der Waals surface area contributed by atoms with Crippen molar-refractivity contribution in [2.75, 3.05) is 19.2 Å². The third kappa shape index (κ3) is 3.46. The smallest absolute Gasteiger partial charge is 0.344 e. The maximum absolute atomic E-state index is 12.7. The third-order valence-electron chi connectivity index (χ3n) is 5.03. The van der Waals surface area contributed by atoms with Gasteiger partial charge in [-0.05, 0) is 42.5 Å². The molecule has 0 saturated carbocycles. The highest BCUT2D eigenvalue weighted by atomic mass is 16.7. The van der Waals surface area contributed by atoms with E-state index in [4.69, 9.17) is 18.6 Å². The molecule has 7 heteroatoms. The molecule has 0 fully saturated rings. The quantitative estimate of drug-likeness (QED) is 0.496. The lowest BCUT2D eigenvalue weighted by molar-refractivity contribution is 0.102. The lowest BCUT2D eigenvalue weighted by atomic mass is 10.0. The summed E-state index contributed by atoms with van der Waals surface area (Å²) in [5, 5.41) is 3.64. The molecule has 0 saturated heterocycles. The maximum Gasteiger partial charge on any atom is 0.344 e. The number of para-hydroxylation sites is 1. The molecule has 5 rings (SSSR count). The Hall–Kier alpha value is -4.26. The van der Waals surface area contributed by atoms with E-state index in [1.165, 1.54) is 7.11 Å². The van der Waals surface area contributed by atoms with Gasteiger partial charge in [-0.3, -0.25) is 4.79 Å². The number of ether oxygens (including phenoxy) is 3. The second kappa shape index (κ2) is 7.53. The minimum atomic E-state index is -0.464. The molecule has 2 heterocycles. The third-order valence-corrected chi connectivity index (χ3v) is 5.03. The Bertz CT molecular complexity index is 1370. The van der Waals surface area contributed by atoms with Crippen molar-refractivity contribution in [2.45, 2.75) is 0 Å². The van der Waals surface area contributed by atoms with E-state index < -0.39 is 5.63 Å². The molecule has 1 aliphatic rings. The normalized spacial score (nSPS) is 12.0. The Balaban J connectivity index is 1.46. The number of methoxy groups -OCH3 is 1. The molecule has 0 aliphatic carbocycles. The van der Waals surface area contributed by atoms with E-state index in [-0.39, 0.29) is 12.7 Å². The molecular formula is C24H17NO6. The standard InChI is InChI=1S/C24H17NO6/c1-28-21-12-16(25-23(26)15-6-9-20-22(11-15)30-13-29-20)7-8-17(21)18-10-14-4-2-3-5-19(14)31-24(18)27/h2-12H,13H2,1H3,(H,25,26). The first-order valence-corrected chi connectivity index (χ1v) is 9.55. The van der Waals surface area contributed by atoms with Crippen LogP contribution in [-0.2, 0) is 0 Å². The average Bonchev–Trinajstić information content (AvgIpc) is 3.26. The fourth-order valence-electron chi connectivity index (χ4n) is 3.48. The number of nitrogens with one attached hydrogen (secondary N) is 1. The first-order chi connectivity index (χ1) is 15.1.